The van der Waals surface area contributed by atoms with E-state index in [4.69, 9.17) is 10.8 Å². The Balaban J connectivity index is 2.34. The minimum atomic E-state index is -1.36. The van der Waals surface area contributed by atoms with Crippen LogP contribution in [0, 0.1) is 11.8 Å². The number of carboxylic acids is 2. The van der Waals surface area contributed by atoms with Gasteiger partial charge in [-0.15, -0.1) is 0 Å². The minimum absolute atomic E-state index is 0.0473. The predicted molar refractivity (Wildman–Crippen MR) is 140 cm³/mol. The molecule has 38 heavy (non-hydrogen) atoms. The van der Waals surface area contributed by atoms with Crippen molar-refractivity contribution in [1.82, 2.24) is 20.9 Å². The molecule has 0 saturated heterocycles. The fourth-order valence-electron chi connectivity index (χ4n) is 4.00. The lowest BCUT2D eigenvalue weighted by Crippen LogP contribution is -2.59. The first-order chi connectivity index (χ1) is 17.8. The monoisotopic (exact) mass is 531 g/mol. The smallest absolute Gasteiger partial charge is 0.326 e. The normalized spacial score (nSPS) is 15.2. The standard InChI is InChI=1S/C26H37N5O7/c1-5-14(4)22(31-23(34)17(27)11-20(32)33)25(36)29-19(24(35)30-21(13(2)3)26(37)38)10-15-12-28-18-9-7-6-8-16(15)18/h6-9,12-14,17,19,21-22,28H,5,10-11,27H2,1-4H3,(H,29,36)(H,30,35)(H,31,34)(H,32,33)(H,37,38). The highest BCUT2D eigenvalue weighted by atomic mass is 16.4. The van der Waals surface area contributed by atoms with E-state index in [9.17, 15) is 29.1 Å². The van der Waals surface area contributed by atoms with Gasteiger partial charge in [0.05, 0.1) is 12.5 Å². The van der Waals surface area contributed by atoms with Gasteiger partial charge in [-0.2, -0.15) is 0 Å². The average Bonchev–Trinajstić information content (AvgIpc) is 3.26. The number of H-pyrrole nitrogens is 1. The van der Waals surface area contributed by atoms with Crippen molar-refractivity contribution in [3.8, 4) is 0 Å². The second-order valence-electron chi connectivity index (χ2n) is 9.77. The van der Waals surface area contributed by atoms with Gasteiger partial charge in [0.15, 0.2) is 0 Å². The van der Waals surface area contributed by atoms with E-state index in [1.54, 1.807) is 27.0 Å². The largest absolute Gasteiger partial charge is 0.481 e. The maximum absolute atomic E-state index is 13.4. The molecule has 0 spiro atoms. The summed E-state index contributed by atoms with van der Waals surface area (Å²) in [6.07, 6.45) is 1.64. The van der Waals surface area contributed by atoms with Gasteiger partial charge in [0.1, 0.15) is 18.1 Å². The average molecular weight is 532 g/mol. The van der Waals surface area contributed by atoms with E-state index >= 15 is 0 Å². The number of rotatable bonds is 14. The van der Waals surface area contributed by atoms with Crippen molar-refractivity contribution in [3.63, 3.8) is 0 Å². The van der Waals surface area contributed by atoms with Crippen LogP contribution in [0.4, 0.5) is 0 Å². The second kappa shape index (κ2) is 13.6. The second-order valence-corrected chi connectivity index (χ2v) is 9.77. The number of nitrogens with one attached hydrogen (secondary N) is 4. The van der Waals surface area contributed by atoms with Crippen LogP contribution in [0.25, 0.3) is 10.9 Å². The first kappa shape index (κ1) is 30.3. The number of hydrogen-bond acceptors (Lipinski definition) is 6. The molecule has 12 heteroatoms. The van der Waals surface area contributed by atoms with E-state index in [0.717, 1.165) is 16.5 Å². The maximum atomic E-state index is 13.4. The van der Waals surface area contributed by atoms with Crippen LogP contribution in [0.1, 0.15) is 46.1 Å². The highest BCUT2D eigenvalue weighted by Gasteiger charge is 2.33. The minimum Gasteiger partial charge on any atom is -0.481 e. The molecule has 5 atom stereocenters. The number of fused-ring (bicyclic) bond motifs is 1. The van der Waals surface area contributed by atoms with Crippen molar-refractivity contribution in [2.45, 2.75) is 71.1 Å². The van der Waals surface area contributed by atoms with E-state index in [1.807, 2.05) is 31.2 Å². The van der Waals surface area contributed by atoms with Gasteiger partial charge in [-0.1, -0.05) is 52.3 Å². The van der Waals surface area contributed by atoms with Gasteiger partial charge in [-0.3, -0.25) is 19.2 Å². The number of aromatic nitrogens is 1. The van der Waals surface area contributed by atoms with Crippen LogP contribution in [0.3, 0.4) is 0 Å². The van der Waals surface area contributed by atoms with Crippen molar-refractivity contribution in [1.29, 1.82) is 0 Å². The fourth-order valence-corrected chi connectivity index (χ4v) is 4.00. The quantitative estimate of drug-likeness (QED) is 0.185. The van der Waals surface area contributed by atoms with E-state index in [-0.39, 0.29) is 12.3 Å². The lowest BCUT2D eigenvalue weighted by molar-refractivity contribution is -0.143. The van der Waals surface area contributed by atoms with Gasteiger partial charge < -0.3 is 36.9 Å². The van der Waals surface area contributed by atoms with E-state index < -0.39 is 66.2 Å². The summed E-state index contributed by atoms with van der Waals surface area (Å²) >= 11 is 0. The molecule has 1 aromatic carbocycles. The summed E-state index contributed by atoms with van der Waals surface area (Å²) in [5.74, 6) is -5.43. The van der Waals surface area contributed by atoms with E-state index in [0.29, 0.717) is 6.42 Å². The summed E-state index contributed by atoms with van der Waals surface area (Å²) in [7, 11) is 0. The fraction of sp³-hybridized carbons (Fsp3) is 0.500. The Hall–Kier alpha value is -3.93. The molecule has 3 amide bonds. The number of nitrogens with two attached hydrogens (primary N) is 1. The van der Waals surface area contributed by atoms with Crippen LogP contribution in [0.5, 0.6) is 0 Å². The molecule has 0 saturated carbocycles. The molecule has 2 aromatic rings. The third-order valence-corrected chi connectivity index (χ3v) is 6.49. The molecule has 0 fully saturated rings. The topological polar surface area (TPSA) is 204 Å². The van der Waals surface area contributed by atoms with Gasteiger partial charge in [-0.05, 0) is 23.5 Å². The highest BCUT2D eigenvalue weighted by molar-refractivity contribution is 5.95. The van der Waals surface area contributed by atoms with E-state index in [2.05, 4.69) is 20.9 Å². The predicted octanol–water partition coefficient (Wildman–Crippen LogP) is 0.754. The number of carbonyl (C=O) groups is 5. The van der Waals surface area contributed by atoms with Crippen molar-refractivity contribution in [2.24, 2.45) is 17.6 Å². The molecule has 0 aliphatic carbocycles. The zero-order valence-electron chi connectivity index (χ0n) is 22.0. The summed E-state index contributed by atoms with van der Waals surface area (Å²) < 4.78 is 0. The van der Waals surface area contributed by atoms with Crippen LogP contribution in [-0.4, -0.2) is 69.0 Å². The van der Waals surface area contributed by atoms with Crippen molar-refractivity contribution in [2.75, 3.05) is 0 Å². The van der Waals surface area contributed by atoms with Gasteiger partial charge in [0, 0.05) is 23.5 Å². The number of hydrogen-bond donors (Lipinski definition) is 7. The van der Waals surface area contributed by atoms with E-state index in [1.165, 1.54) is 0 Å². The summed E-state index contributed by atoms with van der Waals surface area (Å²) in [5, 5.41) is 27.0. The number of aromatic amines is 1. The molecule has 1 heterocycles. The van der Waals surface area contributed by atoms with Crippen LogP contribution in [0.2, 0.25) is 0 Å². The molecule has 0 aliphatic rings. The Morgan fingerprint density at radius 2 is 1.55 bits per heavy atom. The Kier molecular flexibility index (Phi) is 10.8. The molecule has 5 unspecified atom stereocenters. The number of benzene rings is 1. The first-order valence-electron chi connectivity index (χ1n) is 12.5. The van der Waals surface area contributed by atoms with Gasteiger partial charge in [-0.25, -0.2) is 4.79 Å². The van der Waals surface area contributed by atoms with Crippen LogP contribution in [0.15, 0.2) is 30.5 Å². The van der Waals surface area contributed by atoms with Crippen LogP contribution < -0.4 is 21.7 Å². The highest BCUT2D eigenvalue weighted by Crippen LogP contribution is 2.20. The summed E-state index contributed by atoms with van der Waals surface area (Å²) in [4.78, 5) is 65.0. The van der Waals surface area contributed by atoms with Crippen molar-refractivity contribution in [3.05, 3.63) is 36.0 Å². The van der Waals surface area contributed by atoms with Gasteiger partial charge >= 0.3 is 11.9 Å². The summed E-state index contributed by atoms with van der Waals surface area (Å²) in [6, 6.07) is 2.59. The molecule has 12 nitrogen and oxygen atoms in total. The zero-order chi connectivity index (χ0) is 28.6. The lowest BCUT2D eigenvalue weighted by Gasteiger charge is -2.28. The zero-order valence-corrected chi connectivity index (χ0v) is 22.0. The molecule has 0 aliphatic heterocycles. The molecule has 0 radical (unpaired) electrons. The Morgan fingerprint density at radius 3 is 2.13 bits per heavy atom. The number of carboxylic acid groups (broad SMARTS) is 2. The Morgan fingerprint density at radius 1 is 0.921 bits per heavy atom. The third kappa shape index (κ3) is 8.04. The van der Waals surface area contributed by atoms with Crippen LogP contribution >= 0.6 is 0 Å². The van der Waals surface area contributed by atoms with Crippen molar-refractivity contribution >= 4 is 40.6 Å². The number of carbonyl (C=O) groups excluding carboxylic acids is 3. The Labute approximate surface area is 220 Å². The Bertz CT molecular complexity index is 1160. The number of para-hydroxylation sites is 1. The number of amides is 3. The lowest BCUT2D eigenvalue weighted by atomic mass is 9.96. The molecule has 208 valence electrons. The molecule has 0 bridgehead atoms. The summed E-state index contributed by atoms with van der Waals surface area (Å²) in [5.41, 5.74) is 7.22. The van der Waals surface area contributed by atoms with Crippen molar-refractivity contribution < 1.29 is 34.2 Å². The van der Waals surface area contributed by atoms with Crippen LogP contribution in [-0.2, 0) is 30.4 Å². The number of aliphatic carboxylic acids is 2. The summed E-state index contributed by atoms with van der Waals surface area (Å²) in [6.45, 7) is 6.84. The molecule has 8 N–H and O–H groups in total. The maximum Gasteiger partial charge on any atom is 0.326 e. The van der Waals surface area contributed by atoms with Gasteiger partial charge in [0.25, 0.3) is 0 Å². The third-order valence-electron chi connectivity index (χ3n) is 6.49. The first-order valence-corrected chi connectivity index (χ1v) is 12.5. The SMILES string of the molecule is CCC(C)C(NC(=O)C(N)CC(=O)O)C(=O)NC(Cc1c[nH]c2ccccc12)C(=O)NC(C(=O)O)C(C)C. The molecule has 2 rings (SSSR count). The van der Waals surface area contributed by atoms with Gasteiger partial charge in [0.2, 0.25) is 17.7 Å². The molecule has 1 aromatic heterocycles. The molecular weight excluding hydrogens is 494 g/mol. The molecular formula is C26H37N5O7.